The molecule has 0 spiro atoms. The second-order valence-corrected chi connectivity index (χ2v) is 5.22. The van der Waals surface area contributed by atoms with E-state index >= 15 is 0 Å². The van der Waals surface area contributed by atoms with Gasteiger partial charge in [-0.1, -0.05) is 27.7 Å². The number of hydroxylamine groups is 2. The van der Waals surface area contributed by atoms with Gasteiger partial charge in [0.2, 0.25) is 0 Å². The maximum Gasteiger partial charge on any atom is 0.0577 e. The van der Waals surface area contributed by atoms with Crippen LogP contribution in [-0.2, 0) is 5.21 Å². The van der Waals surface area contributed by atoms with E-state index in [1.807, 2.05) is 0 Å². The molecular weight excluding hydrogens is 202 g/mol. The Morgan fingerprint density at radius 2 is 1.31 bits per heavy atom. The van der Waals surface area contributed by atoms with Crippen molar-refractivity contribution in [1.82, 2.24) is 5.06 Å². The number of nitrogens with zero attached hydrogens (tertiary/aromatic N) is 1. The molecule has 0 aromatic rings. The molecule has 1 rings (SSSR count). The van der Waals surface area contributed by atoms with Gasteiger partial charge in [0.1, 0.15) is 0 Å². The molecule has 0 atom stereocenters. The summed E-state index contributed by atoms with van der Waals surface area (Å²) in [6.07, 6.45) is 4.25. The number of hydrogen-bond donors (Lipinski definition) is 1. The van der Waals surface area contributed by atoms with Crippen molar-refractivity contribution in [1.29, 1.82) is 0 Å². The molecule has 0 saturated carbocycles. The number of piperidine rings is 1. The van der Waals surface area contributed by atoms with Crippen LogP contribution < -0.4 is 0 Å². The second kappa shape index (κ2) is 5.03. The standard InChI is InChI=1S/C13H26NO2/c1-5-12(6-2)9-11(15)10-13(7-3,8-4)14(12)16/h11,15H,5-10H2,1-4H3. The molecule has 1 fully saturated rings. The van der Waals surface area contributed by atoms with Crippen molar-refractivity contribution in [3.05, 3.63) is 0 Å². The van der Waals surface area contributed by atoms with Gasteiger partial charge in [0, 0.05) is 0 Å². The Morgan fingerprint density at radius 1 is 1.00 bits per heavy atom. The Morgan fingerprint density at radius 3 is 1.56 bits per heavy atom. The zero-order valence-corrected chi connectivity index (χ0v) is 11.1. The fourth-order valence-corrected chi connectivity index (χ4v) is 3.27. The first-order valence-corrected chi connectivity index (χ1v) is 6.65. The van der Waals surface area contributed by atoms with Gasteiger partial charge >= 0.3 is 0 Å². The summed E-state index contributed by atoms with van der Waals surface area (Å²) in [5.41, 5.74) is -0.687. The summed E-state index contributed by atoms with van der Waals surface area (Å²) in [6, 6.07) is 0. The Balaban J connectivity index is 3.06. The molecule has 0 aromatic heterocycles. The van der Waals surface area contributed by atoms with Crippen LogP contribution in [-0.4, -0.2) is 27.4 Å². The lowest BCUT2D eigenvalue weighted by Crippen LogP contribution is -2.63. The average molecular weight is 228 g/mol. The lowest BCUT2D eigenvalue weighted by atomic mass is 9.72. The molecule has 1 radical (unpaired) electrons. The van der Waals surface area contributed by atoms with Crippen LogP contribution in [0.1, 0.15) is 66.2 Å². The highest BCUT2D eigenvalue weighted by Crippen LogP contribution is 2.44. The molecule has 3 heteroatoms. The van der Waals surface area contributed by atoms with E-state index in [0.717, 1.165) is 25.7 Å². The van der Waals surface area contributed by atoms with Gasteiger partial charge in [0.05, 0.1) is 17.2 Å². The minimum Gasteiger partial charge on any atom is -0.393 e. The molecule has 1 saturated heterocycles. The van der Waals surface area contributed by atoms with E-state index in [9.17, 15) is 10.3 Å². The topological polar surface area (TPSA) is 43.4 Å². The Bertz CT molecular complexity index is 200. The third-order valence-corrected chi connectivity index (χ3v) is 4.73. The van der Waals surface area contributed by atoms with E-state index in [0.29, 0.717) is 12.8 Å². The lowest BCUT2D eigenvalue weighted by molar-refractivity contribution is -0.319. The van der Waals surface area contributed by atoms with Gasteiger partial charge in [-0.05, 0) is 38.5 Å². The first kappa shape index (κ1) is 13.9. The van der Waals surface area contributed by atoms with Crippen LogP contribution in [0.5, 0.6) is 0 Å². The Labute approximate surface area is 99.4 Å². The normalized spacial score (nSPS) is 25.9. The van der Waals surface area contributed by atoms with E-state index in [1.165, 1.54) is 5.06 Å². The van der Waals surface area contributed by atoms with Crippen molar-refractivity contribution in [3.63, 3.8) is 0 Å². The van der Waals surface area contributed by atoms with Crippen molar-refractivity contribution in [2.24, 2.45) is 0 Å². The summed E-state index contributed by atoms with van der Waals surface area (Å²) in [5, 5.41) is 24.0. The van der Waals surface area contributed by atoms with Gasteiger partial charge < -0.3 is 5.11 Å². The van der Waals surface area contributed by atoms with Crippen molar-refractivity contribution >= 4 is 0 Å². The van der Waals surface area contributed by atoms with Gasteiger partial charge in [-0.25, -0.2) is 0 Å². The summed E-state index contributed by atoms with van der Waals surface area (Å²) >= 11 is 0. The molecule has 0 aromatic carbocycles. The highest BCUT2D eigenvalue weighted by Gasteiger charge is 2.51. The maximum absolute atomic E-state index is 12.6. The summed E-state index contributed by atoms with van der Waals surface area (Å²) in [6.45, 7) is 8.23. The SMILES string of the molecule is CCC1(CC)CC(O)CC(CC)(CC)N1[O]. The Hall–Kier alpha value is -0.120. The summed E-state index contributed by atoms with van der Waals surface area (Å²) < 4.78 is 0. The van der Waals surface area contributed by atoms with Crippen molar-refractivity contribution in [2.45, 2.75) is 83.4 Å². The van der Waals surface area contributed by atoms with E-state index in [1.54, 1.807) is 0 Å². The predicted octanol–water partition coefficient (Wildman–Crippen LogP) is 2.91. The summed E-state index contributed by atoms with van der Waals surface area (Å²) in [7, 11) is 0. The molecule has 0 unspecified atom stereocenters. The van der Waals surface area contributed by atoms with Crippen LogP contribution >= 0.6 is 0 Å². The lowest BCUT2D eigenvalue weighted by Gasteiger charge is -2.54. The van der Waals surface area contributed by atoms with Crippen LogP contribution in [0.4, 0.5) is 0 Å². The quantitative estimate of drug-likeness (QED) is 0.804. The van der Waals surface area contributed by atoms with Gasteiger partial charge in [0.25, 0.3) is 0 Å². The number of hydrogen-bond acceptors (Lipinski definition) is 2. The molecule has 0 amide bonds. The first-order valence-electron chi connectivity index (χ1n) is 6.65. The van der Waals surface area contributed by atoms with Crippen LogP contribution in [0.25, 0.3) is 0 Å². The molecule has 1 aliphatic rings. The van der Waals surface area contributed by atoms with Crippen molar-refractivity contribution in [3.8, 4) is 0 Å². The van der Waals surface area contributed by atoms with Crippen molar-refractivity contribution in [2.75, 3.05) is 0 Å². The van der Waals surface area contributed by atoms with Crippen LogP contribution in [0.15, 0.2) is 0 Å². The average Bonchev–Trinajstić information content (AvgIpc) is 2.32. The molecule has 1 heterocycles. The molecule has 1 N–H and O–H groups in total. The number of rotatable bonds is 4. The number of aliphatic hydroxyl groups is 1. The largest absolute Gasteiger partial charge is 0.393 e. The highest BCUT2D eigenvalue weighted by molar-refractivity contribution is 5.02. The molecule has 95 valence electrons. The van der Waals surface area contributed by atoms with Gasteiger partial charge in [-0.3, -0.25) is 0 Å². The third kappa shape index (κ3) is 2.01. The predicted molar refractivity (Wildman–Crippen MR) is 64.4 cm³/mol. The van der Waals surface area contributed by atoms with E-state index in [-0.39, 0.29) is 17.2 Å². The van der Waals surface area contributed by atoms with Crippen molar-refractivity contribution < 1.29 is 10.3 Å². The Kier molecular flexibility index (Phi) is 4.38. The fourth-order valence-electron chi connectivity index (χ4n) is 3.27. The van der Waals surface area contributed by atoms with Gasteiger partial charge in [-0.2, -0.15) is 0 Å². The van der Waals surface area contributed by atoms with Crippen LogP contribution in [0, 0.1) is 0 Å². The number of aliphatic hydroxyl groups excluding tert-OH is 1. The van der Waals surface area contributed by atoms with E-state index in [2.05, 4.69) is 27.7 Å². The van der Waals surface area contributed by atoms with E-state index in [4.69, 9.17) is 0 Å². The maximum atomic E-state index is 12.6. The van der Waals surface area contributed by atoms with Crippen LogP contribution in [0.3, 0.4) is 0 Å². The summed E-state index contributed by atoms with van der Waals surface area (Å²) in [4.78, 5) is 0. The van der Waals surface area contributed by atoms with Crippen LogP contribution in [0.2, 0.25) is 0 Å². The van der Waals surface area contributed by atoms with Gasteiger partial charge in [-0.15, -0.1) is 10.3 Å². The monoisotopic (exact) mass is 228 g/mol. The third-order valence-electron chi connectivity index (χ3n) is 4.73. The second-order valence-electron chi connectivity index (χ2n) is 5.22. The minimum atomic E-state index is -0.344. The van der Waals surface area contributed by atoms with Gasteiger partial charge in [0.15, 0.2) is 0 Å². The smallest absolute Gasteiger partial charge is 0.0577 e. The molecule has 1 aliphatic heterocycles. The molecule has 3 nitrogen and oxygen atoms in total. The minimum absolute atomic E-state index is 0.315. The zero-order chi connectivity index (χ0) is 12.4. The van der Waals surface area contributed by atoms with E-state index < -0.39 is 0 Å². The summed E-state index contributed by atoms with van der Waals surface area (Å²) in [5.74, 6) is 0. The molecule has 0 aliphatic carbocycles. The molecular formula is C13H26NO2. The molecule has 16 heavy (non-hydrogen) atoms. The highest BCUT2D eigenvalue weighted by atomic mass is 16.5. The first-order chi connectivity index (χ1) is 7.50. The molecule has 0 bridgehead atoms. The fraction of sp³-hybridized carbons (Fsp3) is 1.00. The zero-order valence-electron chi connectivity index (χ0n) is 11.1.